The second kappa shape index (κ2) is 5.94. The average Bonchev–Trinajstić information content (AvgIpc) is 2.44. The number of amides is 2. The summed E-state index contributed by atoms with van der Waals surface area (Å²) < 4.78 is 26.9. The predicted octanol–water partition coefficient (Wildman–Crippen LogP) is -0.236. The molecule has 0 fully saturated rings. The molecule has 21 heavy (non-hydrogen) atoms. The number of sulfonamides is 1. The number of carbonyl (C=O) groups is 1. The number of hydrogen-bond donors (Lipinski definition) is 4. The van der Waals surface area contributed by atoms with Crippen molar-refractivity contribution in [2.45, 2.75) is 4.90 Å². The molecule has 1 aromatic carbocycles. The van der Waals surface area contributed by atoms with Gasteiger partial charge in [0.1, 0.15) is 4.90 Å². The minimum atomic E-state index is -3.76. The molecule has 2 aromatic rings. The fraction of sp³-hybridized carbons (Fsp3) is 0.167. The lowest BCUT2D eigenvalue weighted by molar-refractivity contribution is 0.249. The van der Waals surface area contributed by atoms with E-state index >= 15 is 0 Å². The zero-order valence-electron chi connectivity index (χ0n) is 11.0. The molecule has 112 valence electrons. The maximum atomic E-state index is 12.3. The van der Waals surface area contributed by atoms with Crippen molar-refractivity contribution < 1.29 is 13.2 Å². The second-order valence-electron chi connectivity index (χ2n) is 4.24. The summed E-state index contributed by atoms with van der Waals surface area (Å²) in [7, 11) is -3.76. The molecule has 0 bridgehead atoms. The van der Waals surface area contributed by atoms with Crippen LogP contribution in [0.2, 0.25) is 0 Å². The second-order valence-corrected chi connectivity index (χ2v) is 5.98. The molecule has 0 unspecified atom stereocenters. The number of hydrogen-bond acceptors (Lipinski definition) is 5. The topological polar surface area (TPSA) is 140 Å². The Labute approximate surface area is 121 Å². The van der Waals surface area contributed by atoms with Gasteiger partial charge in [-0.1, -0.05) is 0 Å². The van der Waals surface area contributed by atoms with Crippen LogP contribution in [-0.2, 0) is 10.0 Å². The minimum absolute atomic E-state index is 0.0178. The highest BCUT2D eigenvalue weighted by Crippen LogP contribution is 2.25. The summed E-state index contributed by atoms with van der Waals surface area (Å²) in [5, 5.41) is 2.86. The number of carbonyl (C=O) groups excluding carboxylic acids is 1. The molecule has 0 aliphatic carbocycles. The molecule has 0 aliphatic heterocycles. The Balaban J connectivity index is 2.28. The molecule has 0 atom stereocenters. The largest absolute Gasteiger partial charge is 0.398 e. The van der Waals surface area contributed by atoms with Gasteiger partial charge < -0.3 is 16.8 Å². The van der Waals surface area contributed by atoms with Crippen molar-refractivity contribution in [3.8, 4) is 0 Å². The molecule has 6 N–H and O–H groups in total. The Morgan fingerprint density at radius 3 is 2.71 bits per heavy atom. The third-order valence-electron chi connectivity index (χ3n) is 2.77. The normalized spacial score (nSPS) is 11.4. The van der Waals surface area contributed by atoms with Crippen LogP contribution in [0.25, 0.3) is 10.9 Å². The standard InChI is InChI=1S/C12H15N5O3S/c13-9-3-4-10(11-8(9)2-1-5-15-11)21(19,20)17-7-6-16-12(14)18/h1-5,17H,6-7,13H2,(H3,14,16,18). The van der Waals surface area contributed by atoms with Crippen molar-refractivity contribution in [3.63, 3.8) is 0 Å². The molecule has 0 aliphatic rings. The Morgan fingerprint density at radius 1 is 1.24 bits per heavy atom. The van der Waals surface area contributed by atoms with Crippen LogP contribution in [-0.4, -0.2) is 32.5 Å². The first-order valence-electron chi connectivity index (χ1n) is 6.08. The van der Waals surface area contributed by atoms with Crippen LogP contribution in [0, 0.1) is 0 Å². The van der Waals surface area contributed by atoms with E-state index in [1.165, 1.54) is 18.3 Å². The SMILES string of the molecule is NC(=O)NCCNS(=O)(=O)c1ccc(N)c2cccnc12. The maximum Gasteiger partial charge on any atom is 0.312 e. The van der Waals surface area contributed by atoms with Gasteiger partial charge in [-0.2, -0.15) is 0 Å². The van der Waals surface area contributed by atoms with E-state index in [1.54, 1.807) is 12.1 Å². The van der Waals surface area contributed by atoms with E-state index in [9.17, 15) is 13.2 Å². The molecule has 1 heterocycles. The third kappa shape index (κ3) is 3.38. The van der Waals surface area contributed by atoms with Crippen LogP contribution in [0.5, 0.6) is 0 Å². The Morgan fingerprint density at radius 2 is 2.00 bits per heavy atom. The van der Waals surface area contributed by atoms with Crippen molar-refractivity contribution in [2.24, 2.45) is 5.73 Å². The zero-order chi connectivity index (χ0) is 15.5. The Hall–Kier alpha value is -2.39. The Bertz CT molecular complexity index is 776. The number of pyridine rings is 1. The number of nitrogens with two attached hydrogens (primary N) is 2. The van der Waals surface area contributed by atoms with Gasteiger partial charge in [-0.25, -0.2) is 17.9 Å². The number of nitrogens with zero attached hydrogens (tertiary/aromatic N) is 1. The molecule has 1 aromatic heterocycles. The average molecular weight is 309 g/mol. The van der Waals surface area contributed by atoms with E-state index < -0.39 is 16.1 Å². The van der Waals surface area contributed by atoms with Crippen molar-refractivity contribution >= 4 is 32.6 Å². The van der Waals surface area contributed by atoms with E-state index in [4.69, 9.17) is 11.5 Å². The molecular weight excluding hydrogens is 294 g/mol. The molecule has 0 saturated carbocycles. The number of nitrogen functional groups attached to an aromatic ring is 1. The minimum Gasteiger partial charge on any atom is -0.398 e. The van der Waals surface area contributed by atoms with E-state index in [2.05, 4.69) is 15.0 Å². The molecule has 0 spiro atoms. The fourth-order valence-corrected chi connectivity index (χ4v) is 3.03. The van der Waals surface area contributed by atoms with E-state index in [0.717, 1.165) is 0 Å². The van der Waals surface area contributed by atoms with E-state index in [1.807, 2.05) is 0 Å². The maximum absolute atomic E-state index is 12.3. The number of primary amides is 1. The summed E-state index contributed by atoms with van der Waals surface area (Å²) in [6.07, 6.45) is 1.50. The molecule has 2 rings (SSSR count). The van der Waals surface area contributed by atoms with Crippen molar-refractivity contribution in [3.05, 3.63) is 30.5 Å². The van der Waals surface area contributed by atoms with Crippen LogP contribution in [0.15, 0.2) is 35.4 Å². The van der Waals surface area contributed by atoms with Gasteiger partial charge in [0.2, 0.25) is 10.0 Å². The monoisotopic (exact) mass is 309 g/mol. The summed E-state index contributed by atoms with van der Waals surface area (Å²) >= 11 is 0. The van der Waals surface area contributed by atoms with Crippen LogP contribution in [0.1, 0.15) is 0 Å². The van der Waals surface area contributed by atoms with Crippen molar-refractivity contribution in [1.82, 2.24) is 15.0 Å². The number of anilines is 1. The molecular formula is C12H15N5O3S. The van der Waals surface area contributed by atoms with E-state index in [0.29, 0.717) is 16.6 Å². The first-order valence-corrected chi connectivity index (χ1v) is 7.56. The third-order valence-corrected chi connectivity index (χ3v) is 4.26. The van der Waals surface area contributed by atoms with Gasteiger partial charge in [0.05, 0.1) is 5.52 Å². The predicted molar refractivity (Wildman–Crippen MR) is 78.9 cm³/mol. The van der Waals surface area contributed by atoms with Gasteiger partial charge in [0.25, 0.3) is 0 Å². The van der Waals surface area contributed by atoms with Gasteiger partial charge in [-0.3, -0.25) is 4.98 Å². The van der Waals surface area contributed by atoms with Crippen molar-refractivity contribution in [1.29, 1.82) is 0 Å². The lowest BCUT2D eigenvalue weighted by Crippen LogP contribution is -2.37. The van der Waals surface area contributed by atoms with Crippen LogP contribution >= 0.6 is 0 Å². The van der Waals surface area contributed by atoms with Crippen LogP contribution in [0.4, 0.5) is 10.5 Å². The van der Waals surface area contributed by atoms with Gasteiger partial charge in [0, 0.05) is 30.4 Å². The van der Waals surface area contributed by atoms with Crippen LogP contribution < -0.4 is 21.5 Å². The lowest BCUT2D eigenvalue weighted by Gasteiger charge is -2.10. The molecule has 0 saturated heterocycles. The number of fused-ring (bicyclic) bond motifs is 1. The molecule has 9 heteroatoms. The smallest absolute Gasteiger partial charge is 0.312 e. The van der Waals surface area contributed by atoms with E-state index in [-0.39, 0.29) is 18.0 Å². The van der Waals surface area contributed by atoms with Gasteiger partial charge >= 0.3 is 6.03 Å². The Kier molecular flexibility index (Phi) is 4.24. The highest BCUT2D eigenvalue weighted by atomic mass is 32.2. The fourth-order valence-electron chi connectivity index (χ4n) is 1.83. The van der Waals surface area contributed by atoms with Crippen molar-refractivity contribution in [2.75, 3.05) is 18.8 Å². The molecule has 0 radical (unpaired) electrons. The summed E-state index contributed by atoms with van der Waals surface area (Å²) in [4.78, 5) is 14.6. The quantitative estimate of drug-likeness (QED) is 0.446. The van der Waals surface area contributed by atoms with Gasteiger partial charge in [0.15, 0.2) is 0 Å². The van der Waals surface area contributed by atoms with Gasteiger partial charge in [-0.05, 0) is 24.3 Å². The molecule has 2 amide bonds. The number of nitrogens with one attached hydrogen (secondary N) is 2. The number of aromatic nitrogens is 1. The first-order chi connectivity index (χ1) is 9.92. The zero-order valence-corrected chi connectivity index (χ0v) is 11.9. The highest BCUT2D eigenvalue weighted by Gasteiger charge is 2.18. The summed E-state index contributed by atoms with van der Waals surface area (Å²) in [5.41, 5.74) is 11.5. The van der Waals surface area contributed by atoms with Crippen LogP contribution in [0.3, 0.4) is 0 Å². The highest BCUT2D eigenvalue weighted by molar-refractivity contribution is 7.89. The van der Waals surface area contributed by atoms with Gasteiger partial charge in [-0.15, -0.1) is 0 Å². The summed E-state index contributed by atoms with van der Waals surface area (Å²) in [6, 6.07) is 5.58. The number of rotatable bonds is 5. The number of urea groups is 1. The number of benzene rings is 1. The molecule has 8 nitrogen and oxygen atoms in total. The summed E-state index contributed by atoms with van der Waals surface area (Å²) in [5.74, 6) is 0. The lowest BCUT2D eigenvalue weighted by atomic mass is 10.2. The summed E-state index contributed by atoms with van der Waals surface area (Å²) in [6.45, 7) is 0.110. The first kappa shape index (κ1) is 15.0.